The lowest BCUT2D eigenvalue weighted by atomic mass is 9.79. The maximum absolute atomic E-state index is 11.3. The van der Waals surface area contributed by atoms with Gasteiger partial charge in [0.2, 0.25) is 5.91 Å². The van der Waals surface area contributed by atoms with E-state index in [0.29, 0.717) is 19.6 Å². The van der Waals surface area contributed by atoms with Gasteiger partial charge in [-0.05, 0) is 12.8 Å². The number of rotatable bonds is 7. The highest BCUT2D eigenvalue weighted by Gasteiger charge is 2.36. The zero-order valence-electron chi connectivity index (χ0n) is 9.36. The molecular formula is C10H18N2O4. The van der Waals surface area contributed by atoms with Gasteiger partial charge < -0.3 is 20.5 Å². The monoisotopic (exact) mass is 230 g/mol. The Balaban J connectivity index is 2.10. The number of aliphatic carboxylic acids is 1. The van der Waals surface area contributed by atoms with Crippen LogP contribution in [0.5, 0.6) is 0 Å². The fraction of sp³-hybridized carbons (Fsp3) is 0.800. The molecule has 1 rings (SSSR count). The molecule has 0 saturated heterocycles. The first-order valence-corrected chi connectivity index (χ1v) is 5.37. The van der Waals surface area contributed by atoms with Gasteiger partial charge >= 0.3 is 5.97 Å². The van der Waals surface area contributed by atoms with Crippen molar-refractivity contribution in [1.29, 1.82) is 0 Å². The predicted molar refractivity (Wildman–Crippen MR) is 57.0 cm³/mol. The van der Waals surface area contributed by atoms with E-state index >= 15 is 0 Å². The largest absolute Gasteiger partial charge is 0.481 e. The maximum atomic E-state index is 11.3. The van der Waals surface area contributed by atoms with Crippen LogP contribution >= 0.6 is 0 Å². The third-order valence-corrected chi connectivity index (χ3v) is 2.74. The molecule has 0 bridgehead atoms. The van der Waals surface area contributed by atoms with Crippen molar-refractivity contribution in [2.75, 3.05) is 26.8 Å². The molecular weight excluding hydrogens is 212 g/mol. The van der Waals surface area contributed by atoms with Gasteiger partial charge in [-0.2, -0.15) is 0 Å². The van der Waals surface area contributed by atoms with Crippen LogP contribution in [-0.2, 0) is 14.3 Å². The van der Waals surface area contributed by atoms with Crippen LogP contribution in [0.4, 0.5) is 0 Å². The average Bonchev–Trinajstić information content (AvgIpc) is 2.15. The van der Waals surface area contributed by atoms with Crippen molar-refractivity contribution in [3.8, 4) is 0 Å². The zero-order valence-corrected chi connectivity index (χ0v) is 9.36. The quantitative estimate of drug-likeness (QED) is 0.498. The zero-order chi connectivity index (χ0) is 12.0. The summed E-state index contributed by atoms with van der Waals surface area (Å²) >= 11 is 0. The second kappa shape index (κ2) is 6.44. The molecule has 0 aliphatic heterocycles. The number of carboxylic acid groups (broad SMARTS) is 1. The molecule has 1 fully saturated rings. The van der Waals surface area contributed by atoms with Gasteiger partial charge in [-0.25, -0.2) is 0 Å². The molecule has 6 heteroatoms. The summed E-state index contributed by atoms with van der Waals surface area (Å²) in [7, 11) is 1.57. The third kappa shape index (κ3) is 3.79. The number of nitrogens with one attached hydrogen (secondary N) is 2. The summed E-state index contributed by atoms with van der Waals surface area (Å²) in [5, 5.41) is 14.4. The molecule has 1 saturated carbocycles. The van der Waals surface area contributed by atoms with Crippen LogP contribution in [-0.4, -0.2) is 49.8 Å². The summed E-state index contributed by atoms with van der Waals surface area (Å²) in [6, 6.07) is -0.0642. The summed E-state index contributed by atoms with van der Waals surface area (Å²) in [4.78, 5) is 22.0. The van der Waals surface area contributed by atoms with E-state index in [1.807, 2.05) is 0 Å². The molecule has 6 nitrogen and oxygen atoms in total. The number of amides is 1. The minimum atomic E-state index is -0.788. The molecule has 0 aromatic heterocycles. The fourth-order valence-corrected chi connectivity index (χ4v) is 1.62. The van der Waals surface area contributed by atoms with E-state index in [2.05, 4.69) is 10.6 Å². The van der Waals surface area contributed by atoms with Crippen molar-refractivity contribution in [2.45, 2.75) is 18.9 Å². The summed E-state index contributed by atoms with van der Waals surface area (Å²) < 4.78 is 4.79. The fourth-order valence-electron chi connectivity index (χ4n) is 1.62. The van der Waals surface area contributed by atoms with E-state index in [4.69, 9.17) is 9.84 Å². The van der Waals surface area contributed by atoms with E-state index in [0.717, 1.165) is 6.42 Å². The van der Waals surface area contributed by atoms with Gasteiger partial charge in [0.15, 0.2) is 0 Å². The number of ether oxygens (including phenoxy) is 1. The van der Waals surface area contributed by atoms with Crippen molar-refractivity contribution in [2.24, 2.45) is 5.92 Å². The van der Waals surface area contributed by atoms with E-state index in [1.54, 1.807) is 7.11 Å². The Morgan fingerprint density at radius 2 is 2.19 bits per heavy atom. The molecule has 2 atom stereocenters. The molecule has 0 aromatic carbocycles. The smallest absolute Gasteiger partial charge is 0.308 e. The Kier molecular flexibility index (Phi) is 5.21. The summed E-state index contributed by atoms with van der Waals surface area (Å²) in [5.41, 5.74) is 0. The van der Waals surface area contributed by atoms with Crippen LogP contribution in [0.25, 0.3) is 0 Å². The summed E-state index contributed by atoms with van der Waals surface area (Å²) in [5.74, 6) is -1.26. The first kappa shape index (κ1) is 12.9. The van der Waals surface area contributed by atoms with Gasteiger partial charge in [0, 0.05) is 19.7 Å². The number of methoxy groups -OCH3 is 1. The third-order valence-electron chi connectivity index (χ3n) is 2.74. The lowest BCUT2D eigenvalue weighted by molar-refractivity contribution is -0.146. The van der Waals surface area contributed by atoms with Crippen LogP contribution in [0.2, 0.25) is 0 Å². The number of hydrogen-bond donors (Lipinski definition) is 3. The van der Waals surface area contributed by atoms with Gasteiger partial charge in [0.05, 0.1) is 19.1 Å². The molecule has 1 amide bonds. The second-order valence-electron chi connectivity index (χ2n) is 3.85. The van der Waals surface area contributed by atoms with Crippen LogP contribution in [0, 0.1) is 5.92 Å². The van der Waals surface area contributed by atoms with Gasteiger partial charge in [-0.3, -0.25) is 9.59 Å². The highest BCUT2D eigenvalue weighted by molar-refractivity contribution is 5.78. The Hall–Kier alpha value is -1.14. The molecule has 16 heavy (non-hydrogen) atoms. The SMILES string of the molecule is COCCNC(=O)CNC1CCC1C(=O)O. The molecule has 1 aliphatic rings. The van der Waals surface area contributed by atoms with E-state index < -0.39 is 5.97 Å². The molecule has 0 radical (unpaired) electrons. The number of carboxylic acids is 1. The second-order valence-corrected chi connectivity index (χ2v) is 3.85. The molecule has 0 aromatic rings. The van der Waals surface area contributed by atoms with Crippen molar-refractivity contribution in [3.63, 3.8) is 0 Å². The molecule has 92 valence electrons. The summed E-state index contributed by atoms with van der Waals surface area (Å²) in [6.07, 6.45) is 1.51. The Morgan fingerprint density at radius 3 is 2.69 bits per heavy atom. The van der Waals surface area contributed by atoms with Crippen LogP contribution < -0.4 is 10.6 Å². The van der Waals surface area contributed by atoms with Gasteiger partial charge in [-0.15, -0.1) is 0 Å². The van der Waals surface area contributed by atoms with Crippen molar-refractivity contribution in [1.82, 2.24) is 10.6 Å². The minimum Gasteiger partial charge on any atom is -0.481 e. The van der Waals surface area contributed by atoms with Crippen molar-refractivity contribution >= 4 is 11.9 Å². The lowest BCUT2D eigenvalue weighted by Gasteiger charge is -2.33. The van der Waals surface area contributed by atoms with Gasteiger partial charge in [0.25, 0.3) is 0 Å². The number of carbonyl (C=O) groups excluding carboxylic acids is 1. The van der Waals surface area contributed by atoms with E-state index in [-0.39, 0.29) is 24.4 Å². The lowest BCUT2D eigenvalue weighted by Crippen LogP contribution is -2.50. The van der Waals surface area contributed by atoms with E-state index in [1.165, 1.54) is 0 Å². The Morgan fingerprint density at radius 1 is 1.44 bits per heavy atom. The van der Waals surface area contributed by atoms with E-state index in [9.17, 15) is 9.59 Å². The molecule has 3 N–H and O–H groups in total. The maximum Gasteiger partial charge on any atom is 0.308 e. The van der Waals surface area contributed by atoms with Gasteiger partial charge in [0.1, 0.15) is 0 Å². The van der Waals surface area contributed by atoms with Crippen molar-refractivity contribution < 1.29 is 19.4 Å². The molecule has 0 heterocycles. The Labute approximate surface area is 94.3 Å². The average molecular weight is 230 g/mol. The van der Waals surface area contributed by atoms with Gasteiger partial charge in [-0.1, -0.05) is 0 Å². The number of carbonyl (C=O) groups is 2. The predicted octanol–water partition coefficient (Wildman–Crippen LogP) is -0.798. The molecule has 2 unspecified atom stereocenters. The normalized spacial score (nSPS) is 23.6. The first-order valence-electron chi connectivity index (χ1n) is 5.37. The van der Waals surface area contributed by atoms with Crippen LogP contribution in [0.15, 0.2) is 0 Å². The standard InChI is InChI=1S/C10H18N2O4/c1-16-5-4-11-9(13)6-12-8-3-2-7(8)10(14)15/h7-8,12H,2-6H2,1H3,(H,11,13)(H,14,15). The van der Waals surface area contributed by atoms with Crippen LogP contribution in [0.3, 0.4) is 0 Å². The van der Waals surface area contributed by atoms with Crippen LogP contribution in [0.1, 0.15) is 12.8 Å². The molecule has 1 aliphatic carbocycles. The van der Waals surface area contributed by atoms with Crippen molar-refractivity contribution in [3.05, 3.63) is 0 Å². The first-order chi connectivity index (χ1) is 7.65. The number of hydrogen-bond acceptors (Lipinski definition) is 4. The molecule has 0 spiro atoms. The topological polar surface area (TPSA) is 87.7 Å². The minimum absolute atomic E-state index is 0.0642. The Bertz CT molecular complexity index is 257. The highest BCUT2D eigenvalue weighted by atomic mass is 16.5. The highest BCUT2D eigenvalue weighted by Crippen LogP contribution is 2.27. The summed E-state index contributed by atoms with van der Waals surface area (Å²) in [6.45, 7) is 1.12.